The van der Waals surface area contributed by atoms with Crippen LogP contribution in [0.25, 0.3) is 5.83 Å². The lowest BCUT2D eigenvalue weighted by Crippen LogP contribution is -2.55. The van der Waals surface area contributed by atoms with Gasteiger partial charge in [0.1, 0.15) is 23.6 Å². The first-order valence-electron chi connectivity index (χ1n) is 10.7. The van der Waals surface area contributed by atoms with Gasteiger partial charge in [0.05, 0.1) is 32.2 Å². The van der Waals surface area contributed by atoms with Gasteiger partial charge in [-0.2, -0.15) is 26.3 Å². The van der Waals surface area contributed by atoms with Crippen LogP contribution in [-0.2, 0) is 4.79 Å². The van der Waals surface area contributed by atoms with Crippen molar-refractivity contribution in [3.05, 3.63) is 73.2 Å². The molecule has 1 amide bonds. The molecule has 0 aliphatic rings. The highest BCUT2D eigenvalue weighted by Gasteiger charge is 2.40. The summed E-state index contributed by atoms with van der Waals surface area (Å²) in [5.41, 5.74) is -2.96. The van der Waals surface area contributed by atoms with E-state index in [0.29, 0.717) is 0 Å². The Morgan fingerprint density at radius 1 is 0.974 bits per heavy atom. The van der Waals surface area contributed by atoms with Crippen LogP contribution in [0.4, 0.5) is 30.7 Å². The normalized spacial score (nSPS) is 15.2. The van der Waals surface area contributed by atoms with E-state index in [1.165, 1.54) is 6.92 Å². The number of nitrogens with one attached hydrogen (secondary N) is 1. The molecule has 2 aromatic carbocycles. The van der Waals surface area contributed by atoms with Crippen molar-refractivity contribution in [3.8, 4) is 0 Å². The Bertz CT molecular complexity index is 1250. The maximum atomic E-state index is 15.0. The molecule has 0 radical (unpaired) electrons. The molecule has 0 heterocycles. The van der Waals surface area contributed by atoms with Crippen LogP contribution in [0.5, 0.6) is 0 Å². The monoisotopic (exact) mass is 640 g/mol. The SMILES string of the molecule is CN(CC(F)(F)F)CC(C)(C=O)NC(=O)c1ccc(/C(F)=C/C(c2cc(Cl)c(Cl)c(Cl)c2)C(F)(F)F)cc1Cl. The van der Waals surface area contributed by atoms with Gasteiger partial charge < -0.3 is 10.1 Å². The van der Waals surface area contributed by atoms with Crippen LogP contribution in [0.3, 0.4) is 0 Å². The average Bonchev–Trinajstić information content (AvgIpc) is 2.78. The van der Waals surface area contributed by atoms with E-state index in [1.807, 2.05) is 0 Å². The molecule has 0 fully saturated rings. The Morgan fingerprint density at radius 3 is 2.00 bits per heavy atom. The maximum Gasteiger partial charge on any atom is 0.401 e. The summed E-state index contributed by atoms with van der Waals surface area (Å²) in [4.78, 5) is 25.0. The molecule has 0 aliphatic carbocycles. The van der Waals surface area contributed by atoms with E-state index in [0.717, 1.165) is 42.3 Å². The second-order valence-corrected chi connectivity index (χ2v) is 10.4. The second kappa shape index (κ2) is 12.6. The molecule has 0 aliphatic heterocycles. The Morgan fingerprint density at radius 2 is 1.54 bits per heavy atom. The largest absolute Gasteiger partial charge is 0.401 e. The minimum absolute atomic E-state index is 0.175. The molecule has 0 aromatic heterocycles. The zero-order valence-electron chi connectivity index (χ0n) is 20.0. The predicted molar refractivity (Wildman–Crippen MR) is 136 cm³/mol. The highest BCUT2D eigenvalue weighted by Crippen LogP contribution is 2.42. The molecular weight excluding hydrogens is 623 g/mol. The summed E-state index contributed by atoms with van der Waals surface area (Å²) in [6, 6.07) is 4.63. The number of carbonyl (C=O) groups is 2. The van der Waals surface area contributed by atoms with Gasteiger partial charge in [-0.3, -0.25) is 9.69 Å². The van der Waals surface area contributed by atoms with Crippen molar-refractivity contribution < 1.29 is 40.3 Å². The number of aldehydes is 1. The van der Waals surface area contributed by atoms with Crippen LogP contribution in [0.2, 0.25) is 20.1 Å². The molecule has 2 unspecified atom stereocenters. The molecule has 2 rings (SSSR count). The van der Waals surface area contributed by atoms with Crippen molar-refractivity contribution in [2.75, 3.05) is 20.1 Å². The van der Waals surface area contributed by atoms with E-state index in [1.54, 1.807) is 0 Å². The Labute approximate surface area is 238 Å². The molecular formula is C24H19Cl4F7N2O2. The maximum absolute atomic E-state index is 15.0. The third-order valence-corrected chi connectivity index (χ3v) is 6.74. The quantitative estimate of drug-likeness (QED) is 0.171. The van der Waals surface area contributed by atoms with Crippen LogP contribution in [0, 0.1) is 0 Å². The molecule has 15 heteroatoms. The first-order valence-corrected chi connectivity index (χ1v) is 12.2. The zero-order valence-corrected chi connectivity index (χ0v) is 23.0. The van der Waals surface area contributed by atoms with Crippen molar-refractivity contribution in [2.45, 2.75) is 30.7 Å². The summed E-state index contributed by atoms with van der Waals surface area (Å²) >= 11 is 23.5. The highest BCUT2D eigenvalue weighted by molar-refractivity contribution is 6.48. The lowest BCUT2D eigenvalue weighted by atomic mass is 9.96. The fourth-order valence-corrected chi connectivity index (χ4v) is 4.46. The number of benzene rings is 2. The molecule has 2 atom stereocenters. The molecule has 0 spiro atoms. The minimum atomic E-state index is -4.96. The number of hydrogen-bond donors (Lipinski definition) is 1. The summed E-state index contributed by atoms with van der Waals surface area (Å²) in [5.74, 6) is -4.81. The lowest BCUT2D eigenvalue weighted by Gasteiger charge is -2.30. The van der Waals surface area contributed by atoms with Gasteiger partial charge in [0.25, 0.3) is 5.91 Å². The van der Waals surface area contributed by atoms with Gasteiger partial charge in [-0.15, -0.1) is 0 Å². The lowest BCUT2D eigenvalue weighted by molar-refractivity contribution is -0.145. The van der Waals surface area contributed by atoms with Crippen molar-refractivity contribution in [2.24, 2.45) is 0 Å². The number of halogens is 11. The molecule has 214 valence electrons. The van der Waals surface area contributed by atoms with E-state index in [4.69, 9.17) is 46.4 Å². The first-order chi connectivity index (χ1) is 17.8. The predicted octanol–water partition coefficient (Wildman–Crippen LogP) is 8.14. The summed E-state index contributed by atoms with van der Waals surface area (Å²) < 4.78 is 94.1. The van der Waals surface area contributed by atoms with Gasteiger partial charge in [-0.1, -0.05) is 52.5 Å². The van der Waals surface area contributed by atoms with Crippen LogP contribution < -0.4 is 5.32 Å². The molecule has 2 aromatic rings. The number of alkyl halides is 6. The van der Waals surface area contributed by atoms with Crippen LogP contribution in [0.15, 0.2) is 36.4 Å². The Balaban J connectivity index is 2.33. The highest BCUT2D eigenvalue weighted by atomic mass is 35.5. The third-order valence-electron chi connectivity index (χ3n) is 5.23. The van der Waals surface area contributed by atoms with E-state index < -0.39 is 64.8 Å². The van der Waals surface area contributed by atoms with Crippen molar-refractivity contribution in [1.29, 1.82) is 0 Å². The number of rotatable bonds is 9. The number of likely N-dealkylation sites (N-methyl/N-ethyl adjacent to an activating group) is 1. The van der Waals surface area contributed by atoms with Gasteiger partial charge in [-0.05, 0) is 49.9 Å². The Hall–Kier alpha value is -2.05. The second-order valence-electron chi connectivity index (χ2n) is 8.80. The fraction of sp³-hybridized carbons (Fsp3) is 0.333. The molecule has 0 saturated carbocycles. The molecule has 0 saturated heterocycles. The van der Waals surface area contributed by atoms with E-state index in [9.17, 15) is 40.3 Å². The van der Waals surface area contributed by atoms with E-state index >= 15 is 0 Å². The summed E-state index contributed by atoms with van der Waals surface area (Å²) in [6.45, 7) is -0.672. The van der Waals surface area contributed by atoms with Gasteiger partial charge in [0.2, 0.25) is 0 Å². The van der Waals surface area contributed by atoms with Gasteiger partial charge in [-0.25, -0.2) is 4.39 Å². The van der Waals surface area contributed by atoms with Gasteiger partial charge in [0.15, 0.2) is 0 Å². The van der Waals surface area contributed by atoms with Crippen molar-refractivity contribution in [3.63, 3.8) is 0 Å². The van der Waals surface area contributed by atoms with E-state index in [2.05, 4.69) is 5.32 Å². The molecule has 0 bridgehead atoms. The smallest absolute Gasteiger partial charge is 0.339 e. The molecule has 1 N–H and O–H groups in total. The number of carbonyl (C=O) groups excluding carboxylic acids is 2. The van der Waals surface area contributed by atoms with E-state index in [-0.39, 0.29) is 33.0 Å². The van der Waals surface area contributed by atoms with Gasteiger partial charge >= 0.3 is 12.4 Å². The van der Waals surface area contributed by atoms with Gasteiger partial charge in [0, 0.05) is 12.1 Å². The zero-order chi connectivity index (χ0) is 29.9. The number of allylic oxidation sites excluding steroid dienone is 1. The van der Waals surface area contributed by atoms with Crippen LogP contribution in [-0.4, -0.2) is 55.1 Å². The molecule has 4 nitrogen and oxygen atoms in total. The standard InChI is InChI=1S/C24H19Cl4F7N2O2/c1-22(11-38,9-37(2)10-23(30,31)32)36-21(39)14-4-3-12(5-16(14)25)19(29)8-15(24(33,34)35)13-6-17(26)20(28)18(27)7-13/h3-8,11,15H,9-10H2,1-2H3,(H,36,39)/b19-8-. The summed E-state index contributed by atoms with van der Waals surface area (Å²) in [6.07, 6.45) is -8.99. The summed E-state index contributed by atoms with van der Waals surface area (Å²) in [5, 5.41) is 1.15. The Kier molecular flexibility index (Phi) is 10.7. The number of nitrogens with zero attached hydrogens (tertiary/aromatic N) is 1. The van der Waals surface area contributed by atoms with Crippen molar-refractivity contribution in [1.82, 2.24) is 10.2 Å². The third kappa shape index (κ3) is 9.24. The van der Waals surface area contributed by atoms with Crippen LogP contribution in [0.1, 0.15) is 34.3 Å². The first kappa shape index (κ1) is 33.2. The van der Waals surface area contributed by atoms with Crippen molar-refractivity contribution >= 4 is 64.4 Å². The summed E-state index contributed by atoms with van der Waals surface area (Å²) in [7, 11) is 1.10. The van der Waals surface area contributed by atoms with Crippen LogP contribution >= 0.6 is 46.4 Å². The number of amides is 1. The average molecular weight is 642 g/mol. The molecule has 39 heavy (non-hydrogen) atoms. The number of hydrogen-bond acceptors (Lipinski definition) is 3. The fourth-order valence-electron chi connectivity index (χ4n) is 3.58. The topological polar surface area (TPSA) is 49.4 Å². The minimum Gasteiger partial charge on any atom is -0.339 e.